The number of hydrogen-bond donors (Lipinski definition) is 1. The first kappa shape index (κ1) is 12.2. The molecule has 0 aliphatic carbocycles. The number of carboxylic acid groups (broad SMARTS) is 1. The molecular weight excluding hydrogens is 272 g/mol. The fourth-order valence-electron chi connectivity index (χ4n) is 1.82. The lowest BCUT2D eigenvalue weighted by molar-refractivity contribution is -0.137. The van der Waals surface area contributed by atoms with E-state index in [9.17, 15) is 4.79 Å². The summed E-state index contributed by atoms with van der Waals surface area (Å²) in [7, 11) is 0. The third-order valence-electron chi connectivity index (χ3n) is 3.08. The molecule has 2 nitrogen and oxygen atoms in total. The van der Waals surface area contributed by atoms with Crippen LogP contribution in [-0.4, -0.2) is 11.1 Å². The maximum Gasteiger partial charge on any atom is 0.303 e. The second-order valence-corrected chi connectivity index (χ2v) is 5.18. The van der Waals surface area contributed by atoms with Gasteiger partial charge < -0.3 is 5.11 Å². The number of carboxylic acids is 1. The van der Waals surface area contributed by atoms with E-state index in [1.807, 2.05) is 0 Å². The van der Waals surface area contributed by atoms with E-state index in [-0.39, 0.29) is 55.6 Å². The molecule has 22 heavy (non-hydrogen) atoms. The summed E-state index contributed by atoms with van der Waals surface area (Å²) in [6, 6.07) is 0.243. The van der Waals surface area contributed by atoms with Crippen LogP contribution >= 0.6 is 0 Å². The number of allylic oxidation sites excluding steroid dienone is 6. The van der Waals surface area contributed by atoms with Gasteiger partial charge in [0, 0.05) is 6.42 Å². The average molecular weight is 313 g/mol. The van der Waals surface area contributed by atoms with E-state index in [1.54, 1.807) is 0 Å². The molecule has 0 radical (unpaired) electrons. The van der Waals surface area contributed by atoms with Crippen molar-refractivity contribution in [1.82, 2.24) is 0 Å². The number of unbranched alkanes of at least 4 members (excludes halogenated alkanes) is 5. The summed E-state index contributed by atoms with van der Waals surface area (Å²) in [5, 5.41) is 8.57. The van der Waals surface area contributed by atoms with E-state index in [1.165, 1.54) is 0 Å². The zero-order valence-corrected chi connectivity index (χ0v) is 13.8. The van der Waals surface area contributed by atoms with Crippen LogP contribution in [0.2, 0.25) is 0 Å². The van der Waals surface area contributed by atoms with Crippen LogP contribution in [0.25, 0.3) is 0 Å². The Kier molecular flexibility index (Phi) is 9.80. The molecule has 0 amide bonds. The van der Waals surface area contributed by atoms with Crippen LogP contribution < -0.4 is 0 Å². The lowest BCUT2D eigenvalue weighted by atomic mass is 10.1. The first-order valence-corrected chi connectivity index (χ1v) is 8.36. The highest BCUT2D eigenvalue weighted by Crippen LogP contribution is 2.06. The first-order valence-electron chi connectivity index (χ1n) is 11.4. The van der Waals surface area contributed by atoms with Crippen molar-refractivity contribution in [3.8, 4) is 0 Å². The third kappa shape index (κ3) is 18.7. The molecule has 0 unspecified atom stereocenters. The minimum atomic E-state index is -0.806. The Morgan fingerprint density at radius 1 is 0.818 bits per heavy atom. The zero-order chi connectivity index (χ0) is 21.5. The van der Waals surface area contributed by atoms with E-state index < -0.39 is 5.97 Å². The standard InChI is InChI=1S/C20H34O2/c1-2-3-4-5-6-7-8-9-10-11-12-13-14-15-16-17-18-19-20(21)22/h6-7,9-10,12-13H,2-5,8,11,14-19H2,1H3,(H,21,22)/b7-6+,10-9-,13-12-/i6D,7D,9D,10D,12D,13D. The van der Waals surface area contributed by atoms with Gasteiger partial charge in [-0.25, -0.2) is 0 Å². The Morgan fingerprint density at radius 2 is 1.32 bits per heavy atom. The number of aliphatic carboxylic acids is 1. The smallest absolute Gasteiger partial charge is 0.303 e. The van der Waals surface area contributed by atoms with Crippen LogP contribution in [0.5, 0.6) is 0 Å². The summed E-state index contributed by atoms with van der Waals surface area (Å²) in [6.45, 7) is 2.07. The molecule has 0 aromatic rings. The maximum atomic E-state index is 10.4. The molecule has 0 saturated heterocycles. The van der Waals surface area contributed by atoms with Gasteiger partial charge in [-0.15, -0.1) is 0 Å². The second-order valence-electron chi connectivity index (χ2n) is 5.18. The topological polar surface area (TPSA) is 37.3 Å². The van der Waals surface area contributed by atoms with Crippen molar-refractivity contribution in [3.05, 3.63) is 36.3 Å². The summed E-state index contributed by atoms with van der Waals surface area (Å²) < 4.78 is 47.5. The SMILES string of the molecule is [2H]/C(CCCCCCC(=O)O)=C(\[2H])C/C([2H])=C(/[2H])C/C([2H])=C(\[2H])CCCCC. The summed E-state index contributed by atoms with van der Waals surface area (Å²) in [5.74, 6) is -0.806. The van der Waals surface area contributed by atoms with E-state index in [2.05, 4.69) is 6.92 Å². The molecule has 0 aliphatic heterocycles. The predicted octanol–water partition coefficient (Wildman–Crippen LogP) is 6.44. The fraction of sp³-hybridized carbons (Fsp3) is 0.650. The summed E-state index contributed by atoms with van der Waals surface area (Å²) in [6.07, 6.45) is 6.67. The molecule has 0 aliphatic rings. The molecule has 0 atom stereocenters. The average Bonchev–Trinajstić information content (AvgIpc) is 2.63. The molecule has 126 valence electrons. The van der Waals surface area contributed by atoms with E-state index in [0.29, 0.717) is 25.7 Å². The molecule has 0 heterocycles. The number of rotatable bonds is 15. The van der Waals surface area contributed by atoms with Crippen molar-refractivity contribution in [2.45, 2.75) is 84.0 Å². The Labute approximate surface area is 145 Å². The van der Waals surface area contributed by atoms with Gasteiger partial charge in [0.1, 0.15) is 0 Å². The molecule has 0 saturated carbocycles. The van der Waals surface area contributed by atoms with Gasteiger partial charge in [-0.3, -0.25) is 4.79 Å². The lowest BCUT2D eigenvalue weighted by Crippen LogP contribution is -1.93. The molecule has 0 aromatic carbocycles. The van der Waals surface area contributed by atoms with Gasteiger partial charge in [-0.05, 0) is 44.9 Å². The van der Waals surface area contributed by atoms with Crippen molar-refractivity contribution < 1.29 is 18.1 Å². The molecule has 0 bridgehead atoms. The Morgan fingerprint density at radius 3 is 1.86 bits per heavy atom. The van der Waals surface area contributed by atoms with Crippen LogP contribution in [0.4, 0.5) is 0 Å². The molecule has 0 rings (SSSR count). The molecule has 2 heteroatoms. The van der Waals surface area contributed by atoms with Gasteiger partial charge in [0.15, 0.2) is 0 Å². The van der Waals surface area contributed by atoms with Gasteiger partial charge in [-0.2, -0.15) is 0 Å². The molecule has 0 fully saturated rings. The molecule has 0 aromatic heterocycles. The van der Waals surface area contributed by atoms with E-state index >= 15 is 0 Å². The quantitative estimate of drug-likeness (QED) is 0.279. The fourth-order valence-corrected chi connectivity index (χ4v) is 1.82. The van der Waals surface area contributed by atoms with Crippen molar-refractivity contribution >= 4 is 5.97 Å². The van der Waals surface area contributed by atoms with Crippen molar-refractivity contribution in [2.75, 3.05) is 0 Å². The normalized spacial score (nSPS) is 18.6. The van der Waals surface area contributed by atoms with Gasteiger partial charge in [0.2, 0.25) is 0 Å². The molecule has 0 spiro atoms. The van der Waals surface area contributed by atoms with Crippen molar-refractivity contribution in [2.24, 2.45) is 0 Å². The molecular formula is C20H34O2. The Bertz CT molecular complexity index is 581. The minimum absolute atomic E-state index is 0.00448. The Balaban J connectivity index is 4.52. The number of carbonyl (C=O) groups is 1. The van der Waals surface area contributed by atoms with Crippen LogP contribution in [0.1, 0.15) is 92.2 Å². The second kappa shape index (κ2) is 17.7. The Hall–Kier alpha value is -1.31. The highest BCUT2D eigenvalue weighted by atomic mass is 16.4. The lowest BCUT2D eigenvalue weighted by Gasteiger charge is -1.96. The first-order chi connectivity index (χ1) is 13.2. The monoisotopic (exact) mass is 312 g/mol. The summed E-state index contributed by atoms with van der Waals surface area (Å²) in [4.78, 5) is 10.4. The number of hydrogen-bond acceptors (Lipinski definition) is 1. The third-order valence-corrected chi connectivity index (χ3v) is 3.08. The van der Waals surface area contributed by atoms with Gasteiger partial charge in [0.25, 0.3) is 0 Å². The summed E-state index contributed by atoms with van der Waals surface area (Å²) in [5.41, 5.74) is 0. The highest BCUT2D eigenvalue weighted by Gasteiger charge is 1.95. The maximum absolute atomic E-state index is 10.4. The zero-order valence-electron chi connectivity index (χ0n) is 19.8. The van der Waals surface area contributed by atoms with Crippen molar-refractivity contribution in [1.29, 1.82) is 0 Å². The predicted molar refractivity (Wildman–Crippen MR) is 96.1 cm³/mol. The van der Waals surface area contributed by atoms with E-state index in [0.717, 1.165) is 32.1 Å². The van der Waals surface area contributed by atoms with Crippen LogP contribution in [0, 0.1) is 0 Å². The highest BCUT2D eigenvalue weighted by molar-refractivity contribution is 5.66. The van der Waals surface area contributed by atoms with Crippen LogP contribution in [0.15, 0.2) is 36.3 Å². The van der Waals surface area contributed by atoms with Gasteiger partial charge in [0.05, 0.1) is 8.22 Å². The van der Waals surface area contributed by atoms with Crippen LogP contribution in [0.3, 0.4) is 0 Å². The largest absolute Gasteiger partial charge is 0.481 e. The minimum Gasteiger partial charge on any atom is -0.481 e. The van der Waals surface area contributed by atoms with Gasteiger partial charge in [-0.1, -0.05) is 68.9 Å². The summed E-state index contributed by atoms with van der Waals surface area (Å²) >= 11 is 0. The van der Waals surface area contributed by atoms with Crippen LogP contribution in [-0.2, 0) is 4.79 Å². The van der Waals surface area contributed by atoms with Gasteiger partial charge >= 0.3 is 5.97 Å². The molecule has 1 N–H and O–H groups in total. The van der Waals surface area contributed by atoms with Crippen molar-refractivity contribution in [3.63, 3.8) is 0 Å². The van der Waals surface area contributed by atoms with E-state index in [4.69, 9.17) is 13.3 Å².